The second-order valence-electron chi connectivity index (χ2n) is 6.78. The Bertz CT molecular complexity index is 765. The van der Waals surface area contributed by atoms with E-state index in [4.69, 9.17) is 4.74 Å². The van der Waals surface area contributed by atoms with E-state index >= 15 is 0 Å². The highest BCUT2D eigenvalue weighted by Gasteiger charge is 2.15. The van der Waals surface area contributed by atoms with E-state index in [1.807, 2.05) is 55.5 Å². The lowest BCUT2D eigenvalue weighted by atomic mass is 9.87. The fourth-order valence-corrected chi connectivity index (χ4v) is 2.64. The lowest BCUT2D eigenvalue weighted by Crippen LogP contribution is -2.25. The maximum atomic E-state index is 11.9. The van der Waals surface area contributed by atoms with Crippen molar-refractivity contribution in [2.45, 2.75) is 33.1 Å². The van der Waals surface area contributed by atoms with Crippen LogP contribution in [0, 0.1) is 0 Å². The van der Waals surface area contributed by atoms with Gasteiger partial charge in [-0.15, -0.1) is 0 Å². The Labute approximate surface area is 157 Å². The van der Waals surface area contributed by atoms with Crippen LogP contribution in [0.4, 0.5) is 0 Å². The van der Waals surface area contributed by atoms with Crippen LogP contribution in [0.2, 0.25) is 0 Å². The van der Waals surface area contributed by atoms with Crippen LogP contribution in [-0.2, 0) is 10.2 Å². The summed E-state index contributed by atoms with van der Waals surface area (Å²) in [5.74, 6) is 0.328. The molecule has 4 nitrogen and oxygen atoms in total. The largest absolute Gasteiger partial charge is 0.483 e. The maximum absolute atomic E-state index is 11.9. The molecule has 0 heterocycles. The van der Waals surface area contributed by atoms with Crippen LogP contribution < -0.4 is 10.2 Å². The first kappa shape index (κ1) is 19.2. The van der Waals surface area contributed by atoms with Crippen LogP contribution in [0.3, 0.4) is 0 Å². The van der Waals surface area contributed by atoms with Gasteiger partial charge in [0, 0.05) is 0 Å². The lowest BCUT2D eigenvalue weighted by molar-refractivity contribution is -0.123. The summed E-state index contributed by atoms with van der Waals surface area (Å²) >= 11 is 3.50. The Morgan fingerprint density at radius 1 is 1.16 bits per heavy atom. The van der Waals surface area contributed by atoms with Crippen LogP contribution >= 0.6 is 15.9 Å². The van der Waals surface area contributed by atoms with Gasteiger partial charge in [0.2, 0.25) is 0 Å². The molecule has 0 atom stereocenters. The molecule has 0 spiro atoms. The quantitative estimate of drug-likeness (QED) is 0.583. The number of benzene rings is 2. The van der Waals surface area contributed by atoms with Crippen LogP contribution in [0.25, 0.3) is 0 Å². The van der Waals surface area contributed by atoms with E-state index in [-0.39, 0.29) is 17.9 Å². The molecule has 132 valence electrons. The summed E-state index contributed by atoms with van der Waals surface area (Å²) in [5.41, 5.74) is 5.47. The third-order valence-corrected chi connectivity index (χ3v) is 4.32. The monoisotopic (exact) mass is 402 g/mol. The minimum atomic E-state index is -0.304. The number of ether oxygens (including phenoxy) is 1. The van der Waals surface area contributed by atoms with Crippen LogP contribution in [0.5, 0.6) is 5.75 Å². The second kappa shape index (κ2) is 8.30. The van der Waals surface area contributed by atoms with Gasteiger partial charge in [0.1, 0.15) is 5.75 Å². The van der Waals surface area contributed by atoms with E-state index in [0.717, 1.165) is 15.7 Å². The van der Waals surface area contributed by atoms with Crippen molar-refractivity contribution < 1.29 is 9.53 Å². The summed E-state index contributed by atoms with van der Waals surface area (Å²) < 4.78 is 6.41. The normalized spacial score (nSPS) is 12.0. The van der Waals surface area contributed by atoms with Crippen molar-refractivity contribution in [1.82, 2.24) is 5.43 Å². The summed E-state index contributed by atoms with van der Waals surface area (Å²) in [4.78, 5) is 11.9. The number of halogens is 1. The molecule has 2 aromatic rings. The smallest absolute Gasteiger partial charge is 0.277 e. The minimum Gasteiger partial charge on any atom is -0.483 e. The number of carbonyl (C=O) groups is 1. The van der Waals surface area contributed by atoms with Crippen LogP contribution in [0.1, 0.15) is 38.8 Å². The molecule has 25 heavy (non-hydrogen) atoms. The predicted molar refractivity (Wildman–Crippen MR) is 105 cm³/mol. The number of rotatable bonds is 5. The van der Waals surface area contributed by atoms with Crippen molar-refractivity contribution in [2.24, 2.45) is 5.10 Å². The van der Waals surface area contributed by atoms with Crippen LogP contribution in [0.15, 0.2) is 58.1 Å². The van der Waals surface area contributed by atoms with Crippen molar-refractivity contribution in [3.05, 3.63) is 64.1 Å². The molecule has 0 saturated heterocycles. The first-order chi connectivity index (χ1) is 11.8. The Hall–Kier alpha value is -2.14. The summed E-state index contributed by atoms with van der Waals surface area (Å²) in [6.07, 6.45) is 0. The number of hydrogen-bond donors (Lipinski definition) is 1. The van der Waals surface area contributed by atoms with Gasteiger partial charge in [0.15, 0.2) is 6.61 Å². The van der Waals surface area contributed by atoms with Gasteiger partial charge in [-0.2, -0.15) is 5.10 Å². The standard InChI is InChI=1S/C20H23BrN2O2/c1-14(15-8-6-5-7-9-15)22-23-19(24)13-25-18-11-10-16(12-17(18)21)20(2,3)4/h5-12H,13H2,1-4H3,(H,23,24)/b22-14+. The number of amides is 1. The Morgan fingerprint density at radius 2 is 1.84 bits per heavy atom. The Balaban J connectivity index is 1.92. The second-order valence-corrected chi connectivity index (χ2v) is 7.64. The molecular weight excluding hydrogens is 380 g/mol. The molecule has 0 aliphatic rings. The molecule has 2 rings (SSSR count). The fourth-order valence-electron chi connectivity index (χ4n) is 2.15. The number of carbonyl (C=O) groups excluding carboxylic acids is 1. The minimum absolute atomic E-state index is 0.0576. The summed E-state index contributed by atoms with van der Waals surface area (Å²) in [6, 6.07) is 15.6. The zero-order valence-electron chi connectivity index (χ0n) is 15.0. The van der Waals surface area contributed by atoms with E-state index in [2.05, 4.69) is 47.2 Å². The molecule has 0 bridgehead atoms. The molecule has 0 saturated carbocycles. The van der Waals surface area contributed by atoms with E-state index < -0.39 is 0 Å². The fraction of sp³-hybridized carbons (Fsp3) is 0.300. The highest BCUT2D eigenvalue weighted by atomic mass is 79.9. The number of hydrazone groups is 1. The lowest BCUT2D eigenvalue weighted by Gasteiger charge is -2.20. The molecule has 0 aliphatic carbocycles. The number of nitrogens with one attached hydrogen (secondary N) is 1. The molecule has 0 aromatic heterocycles. The number of nitrogens with zero attached hydrogens (tertiary/aromatic N) is 1. The van der Waals surface area contributed by atoms with E-state index in [1.165, 1.54) is 5.56 Å². The molecule has 0 unspecified atom stereocenters. The predicted octanol–water partition coefficient (Wildman–Crippen LogP) is 4.67. The molecule has 5 heteroatoms. The van der Waals surface area contributed by atoms with Crippen molar-refractivity contribution in [1.29, 1.82) is 0 Å². The molecule has 0 fully saturated rings. The Kier molecular flexibility index (Phi) is 6.37. The van der Waals surface area contributed by atoms with Gasteiger partial charge in [0.05, 0.1) is 10.2 Å². The number of hydrogen-bond acceptors (Lipinski definition) is 3. The summed E-state index contributed by atoms with van der Waals surface area (Å²) in [5, 5.41) is 4.10. The zero-order valence-corrected chi connectivity index (χ0v) is 16.6. The first-order valence-electron chi connectivity index (χ1n) is 8.09. The molecule has 1 amide bonds. The van der Waals surface area contributed by atoms with Gasteiger partial charge in [0.25, 0.3) is 5.91 Å². The van der Waals surface area contributed by atoms with E-state index in [1.54, 1.807) is 0 Å². The third-order valence-electron chi connectivity index (χ3n) is 3.70. The molecule has 0 aliphatic heterocycles. The van der Waals surface area contributed by atoms with Crippen LogP contribution in [-0.4, -0.2) is 18.2 Å². The maximum Gasteiger partial charge on any atom is 0.277 e. The average Bonchev–Trinajstić information content (AvgIpc) is 2.58. The first-order valence-corrected chi connectivity index (χ1v) is 8.88. The summed E-state index contributed by atoms with van der Waals surface area (Å²) in [7, 11) is 0. The SMILES string of the molecule is C/C(=N\NC(=O)COc1ccc(C(C)(C)C)cc1Br)c1ccccc1. The van der Waals surface area contributed by atoms with Gasteiger partial charge in [-0.1, -0.05) is 57.2 Å². The highest BCUT2D eigenvalue weighted by Crippen LogP contribution is 2.31. The zero-order chi connectivity index (χ0) is 18.4. The molecule has 2 aromatic carbocycles. The topological polar surface area (TPSA) is 50.7 Å². The highest BCUT2D eigenvalue weighted by molar-refractivity contribution is 9.10. The Morgan fingerprint density at radius 3 is 2.44 bits per heavy atom. The van der Waals surface area contributed by atoms with Gasteiger partial charge >= 0.3 is 0 Å². The molecular formula is C20H23BrN2O2. The third kappa shape index (κ3) is 5.71. The van der Waals surface area contributed by atoms with Gasteiger partial charge in [-0.3, -0.25) is 4.79 Å². The van der Waals surface area contributed by atoms with Crippen molar-refractivity contribution in [3.8, 4) is 5.75 Å². The summed E-state index contributed by atoms with van der Waals surface area (Å²) in [6.45, 7) is 8.19. The molecule has 1 N–H and O–H groups in total. The van der Waals surface area contributed by atoms with Gasteiger partial charge in [-0.25, -0.2) is 5.43 Å². The van der Waals surface area contributed by atoms with Crippen molar-refractivity contribution in [2.75, 3.05) is 6.61 Å². The average molecular weight is 403 g/mol. The van der Waals surface area contributed by atoms with Gasteiger partial charge < -0.3 is 4.74 Å². The molecule has 0 radical (unpaired) electrons. The van der Waals surface area contributed by atoms with E-state index in [9.17, 15) is 4.79 Å². The van der Waals surface area contributed by atoms with Crippen molar-refractivity contribution in [3.63, 3.8) is 0 Å². The van der Waals surface area contributed by atoms with E-state index in [0.29, 0.717) is 5.75 Å². The van der Waals surface area contributed by atoms with Crippen molar-refractivity contribution >= 4 is 27.5 Å². The van der Waals surface area contributed by atoms with Gasteiger partial charge in [-0.05, 0) is 51.5 Å².